The normalized spacial score (nSPS) is 16.1. The molecule has 2 N–H and O–H groups in total. The van der Waals surface area contributed by atoms with Crippen LogP contribution in [0.1, 0.15) is 16.8 Å². The van der Waals surface area contributed by atoms with E-state index in [-0.39, 0.29) is 11.7 Å². The number of hydrogen-bond donors (Lipinski definition) is 2. The molecule has 0 unspecified atom stereocenters. The summed E-state index contributed by atoms with van der Waals surface area (Å²) < 4.78 is 39.9. The van der Waals surface area contributed by atoms with Crippen molar-refractivity contribution in [3.05, 3.63) is 29.8 Å². The van der Waals surface area contributed by atoms with E-state index < -0.39 is 6.36 Å². The topological polar surface area (TPSA) is 53.6 Å². The molecule has 1 aromatic carbocycles. The molecule has 1 aliphatic rings. The highest BCUT2D eigenvalue weighted by Crippen LogP contribution is 2.22. The van der Waals surface area contributed by atoms with E-state index in [2.05, 4.69) is 20.3 Å². The van der Waals surface area contributed by atoms with E-state index in [1.165, 1.54) is 12.1 Å². The van der Waals surface area contributed by atoms with Crippen molar-refractivity contribution >= 4 is 5.91 Å². The fourth-order valence-corrected chi connectivity index (χ4v) is 2.35. The van der Waals surface area contributed by atoms with Crippen molar-refractivity contribution < 1.29 is 22.7 Å². The minimum Gasteiger partial charge on any atom is -0.406 e. The molecule has 8 heteroatoms. The van der Waals surface area contributed by atoms with E-state index in [4.69, 9.17) is 0 Å². The number of carbonyl (C=O) groups excluding carboxylic acids is 1. The quantitative estimate of drug-likeness (QED) is 0.778. The summed E-state index contributed by atoms with van der Waals surface area (Å²) in [5.41, 5.74) is 0.307. The summed E-state index contributed by atoms with van der Waals surface area (Å²) in [5, 5.41) is 6.03. The van der Waals surface area contributed by atoms with Crippen LogP contribution in [-0.2, 0) is 0 Å². The van der Waals surface area contributed by atoms with Gasteiger partial charge in [-0.15, -0.1) is 13.2 Å². The van der Waals surface area contributed by atoms with Crippen LogP contribution >= 0.6 is 0 Å². The predicted octanol–water partition coefficient (Wildman–Crippen LogP) is 1.61. The second-order valence-corrected chi connectivity index (χ2v) is 5.27. The van der Waals surface area contributed by atoms with E-state index in [1.54, 1.807) is 0 Å². The third-order valence-corrected chi connectivity index (χ3v) is 3.50. The number of carbonyl (C=O) groups is 1. The molecule has 1 aliphatic heterocycles. The van der Waals surface area contributed by atoms with Crippen LogP contribution in [-0.4, -0.2) is 56.4 Å². The van der Waals surface area contributed by atoms with Gasteiger partial charge in [-0.25, -0.2) is 0 Å². The Bertz CT molecular complexity index is 500. The molecule has 5 nitrogen and oxygen atoms in total. The van der Waals surface area contributed by atoms with Gasteiger partial charge in [-0.1, -0.05) is 0 Å². The van der Waals surface area contributed by atoms with Crippen molar-refractivity contribution in [2.24, 2.45) is 0 Å². The van der Waals surface area contributed by atoms with E-state index in [1.807, 2.05) is 0 Å². The molecule has 1 saturated heterocycles. The molecule has 0 radical (unpaired) electrons. The Balaban J connectivity index is 1.70. The molecule has 0 atom stereocenters. The predicted molar refractivity (Wildman–Crippen MR) is 79.4 cm³/mol. The summed E-state index contributed by atoms with van der Waals surface area (Å²) >= 11 is 0. The lowest BCUT2D eigenvalue weighted by Crippen LogP contribution is -2.44. The van der Waals surface area contributed by atoms with E-state index in [0.29, 0.717) is 12.1 Å². The molecular weight excluding hydrogens is 311 g/mol. The van der Waals surface area contributed by atoms with Crippen molar-refractivity contribution in [3.63, 3.8) is 0 Å². The van der Waals surface area contributed by atoms with Crippen LogP contribution in [0.25, 0.3) is 0 Å². The van der Waals surface area contributed by atoms with Crippen LogP contribution < -0.4 is 15.4 Å². The van der Waals surface area contributed by atoms with Crippen LogP contribution in [0.15, 0.2) is 24.3 Å². The molecule has 2 rings (SSSR count). The zero-order chi connectivity index (χ0) is 16.7. The molecule has 1 aromatic rings. The van der Waals surface area contributed by atoms with Crippen LogP contribution in [0.4, 0.5) is 13.2 Å². The first kappa shape index (κ1) is 17.6. The van der Waals surface area contributed by atoms with Crippen molar-refractivity contribution in [1.82, 2.24) is 15.5 Å². The van der Waals surface area contributed by atoms with Gasteiger partial charge < -0.3 is 20.3 Å². The minimum absolute atomic E-state index is 0.302. The van der Waals surface area contributed by atoms with Gasteiger partial charge in [0.15, 0.2) is 0 Å². The van der Waals surface area contributed by atoms with Crippen LogP contribution in [0.5, 0.6) is 5.75 Å². The zero-order valence-corrected chi connectivity index (χ0v) is 12.7. The summed E-state index contributed by atoms with van der Waals surface area (Å²) in [7, 11) is 0. The highest BCUT2D eigenvalue weighted by atomic mass is 19.4. The average molecular weight is 331 g/mol. The van der Waals surface area contributed by atoms with Crippen LogP contribution in [0.3, 0.4) is 0 Å². The maximum atomic E-state index is 12.1. The van der Waals surface area contributed by atoms with Gasteiger partial charge in [0, 0.05) is 38.3 Å². The number of rotatable bonds is 6. The lowest BCUT2D eigenvalue weighted by Gasteiger charge is -2.27. The Kier molecular flexibility index (Phi) is 6.23. The molecule has 1 fully saturated rings. The smallest absolute Gasteiger partial charge is 0.406 e. The number of ether oxygens (including phenoxy) is 1. The maximum Gasteiger partial charge on any atom is 0.573 e. The Morgan fingerprint density at radius 3 is 2.48 bits per heavy atom. The number of piperazine rings is 1. The summed E-state index contributed by atoms with van der Waals surface area (Å²) in [6, 6.07) is 4.88. The van der Waals surface area contributed by atoms with Crippen molar-refractivity contribution in [2.45, 2.75) is 12.8 Å². The number of hydrogen-bond acceptors (Lipinski definition) is 4. The van der Waals surface area contributed by atoms with Gasteiger partial charge in [-0.2, -0.15) is 0 Å². The van der Waals surface area contributed by atoms with Gasteiger partial charge in [0.25, 0.3) is 5.91 Å². The number of nitrogens with zero attached hydrogens (tertiary/aromatic N) is 1. The monoisotopic (exact) mass is 331 g/mol. The van der Waals surface area contributed by atoms with Crippen molar-refractivity contribution in [1.29, 1.82) is 0 Å². The molecule has 0 aliphatic carbocycles. The zero-order valence-electron chi connectivity index (χ0n) is 12.7. The molecular formula is C15H20F3N3O2. The largest absolute Gasteiger partial charge is 0.573 e. The Morgan fingerprint density at radius 2 is 1.87 bits per heavy atom. The van der Waals surface area contributed by atoms with Gasteiger partial charge in [0.2, 0.25) is 0 Å². The highest BCUT2D eigenvalue weighted by molar-refractivity contribution is 5.94. The molecule has 0 bridgehead atoms. The van der Waals surface area contributed by atoms with Gasteiger partial charge in [-0.05, 0) is 37.2 Å². The average Bonchev–Trinajstić information content (AvgIpc) is 2.51. The van der Waals surface area contributed by atoms with Gasteiger partial charge in [-0.3, -0.25) is 4.79 Å². The van der Waals surface area contributed by atoms with Crippen LogP contribution in [0.2, 0.25) is 0 Å². The van der Waals surface area contributed by atoms with E-state index in [9.17, 15) is 18.0 Å². The lowest BCUT2D eigenvalue weighted by molar-refractivity contribution is -0.274. The first-order valence-corrected chi connectivity index (χ1v) is 7.51. The molecule has 0 aromatic heterocycles. The summed E-state index contributed by atoms with van der Waals surface area (Å²) in [5.74, 6) is -0.642. The second kappa shape index (κ2) is 8.16. The SMILES string of the molecule is O=C(NCCCN1CCNCC1)c1ccc(OC(F)(F)F)cc1. The third kappa shape index (κ3) is 6.45. The van der Waals surface area contributed by atoms with Crippen LogP contribution in [0, 0.1) is 0 Å². The first-order chi connectivity index (χ1) is 10.9. The Hall–Kier alpha value is -1.80. The minimum atomic E-state index is -4.73. The lowest BCUT2D eigenvalue weighted by atomic mass is 10.2. The van der Waals surface area contributed by atoms with Gasteiger partial charge in [0.05, 0.1) is 0 Å². The van der Waals surface area contributed by atoms with Gasteiger partial charge >= 0.3 is 6.36 Å². The molecule has 1 heterocycles. The molecule has 0 saturated carbocycles. The first-order valence-electron chi connectivity index (χ1n) is 7.51. The molecule has 23 heavy (non-hydrogen) atoms. The number of alkyl halides is 3. The van der Waals surface area contributed by atoms with Gasteiger partial charge in [0.1, 0.15) is 5.75 Å². The maximum absolute atomic E-state index is 12.1. The Labute approximate surface area is 132 Å². The Morgan fingerprint density at radius 1 is 1.22 bits per heavy atom. The fourth-order valence-electron chi connectivity index (χ4n) is 2.35. The molecule has 0 spiro atoms. The van der Waals surface area contributed by atoms with E-state index >= 15 is 0 Å². The number of nitrogens with one attached hydrogen (secondary N) is 2. The third-order valence-electron chi connectivity index (χ3n) is 3.50. The number of amides is 1. The highest BCUT2D eigenvalue weighted by Gasteiger charge is 2.31. The van der Waals surface area contributed by atoms with Crippen molar-refractivity contribution in [3.8, 4) is 5.75 Å². The molecule has 128 valence electrons. The summed E-state index contributed by atoms with van der Waals surface area (Å²) in [6.07, 6.45) is -3.89. The standard InChI is InChI=1S/C15H20F3N3O2/c16-15(17,18)23-13-4-2-12(3-5-13)14(22)20-6-1-9-21-10-7-19-8-11-21/h2-5,19H,1,6-11H2,(H,20,22). The molecule has 1 amide bonds. The number of benzene rings is 1. The van der Waals surface area contributed by atoms with E-state index in [0.717, 1.165) is 51.3 Å². The summed E-state index contributed by atoms with van der Waals surface area (Å²) in [6.45, 7) is 5.44. The number of halogens is 3. The van der Waals surface area contributed by atoms with Crippen molar-refractivity contribution in [2.75, 3.05) is 39.3 Å². The second-order valence-electron chi connectivity index (χ2n) is 5.27. The fraction of sp³-hybridized carbons (Fsp3) is 0.533. The summed E-state index contributed by atoms with van der Waals surface area (Å²) in [4.78, 5) is 14.2.